The van der Waals surface area contributed by atoms with E-state index in [9.17, 15) is 0 Å². The van der Waals surface area contributed by atoms with Gasteiger partial charge in [-0.2, -0.15) is 0 Å². The summed E-state index contributed by atoms with van der Waals surface area (Å²) in [6.45, 7) is 6.08. The summed E-state index contributed by atoms with van der Waals surface area (Å²) in [5.74, 6) is 1.83. The molecule has 20 heavy (non-hydrogen) atoms. The monoisotopic (exact) mass is 269 g/mol. The largest absolute Gasteiger partial charge is 0.493 e. The first-order valence-corrected chi connectivity index (χ1v) is 7.61. The molecule has 0 saturated heterocycles. The van der Waals surface area contributed by atoms with Crippen molar-refractivity contribution in [3.05, 3.63) is 42.0 Å². The standard InChI is InChI=1S/C18H23NO/c1-13(2)19-11-17-16-6-4-3-5-15(16)9-10-18(17)20-12-14-7-8-14/h3-6,9-10,13-14,19H,7-8,11-12H2,1-2H3. The summed E-state index contributed by atoms with van der Waals surface area (Å²) in [5.41, 5.74) is 1.29. The smallest absolute Gasteiger partial charge is 0.124 e. The van der Waals surface area contributed by atoms with Crippen molar-refractivity contribution in [2.24, 2.45) is 5.92 Å². The lowest BCUT2D eigenvalue weighted by Gasteiger charge is -2.16. The van der Waals surface area contributed by atoms with Crippen molar-refractivity contribution in [1.82, 2.24) is 5.32 Å². The second kappa shape index (κ2) is 5.84. The summed E-state index contributed by atoms with van der Waals surface area (Å²) in [4.78, 5) is 0. The lowest BCUT2D eigenvalue weighted by Crippen LogP contribution is -2.22. The van der Waals surface area contributed by atoms with Crippen LogP contribution in [0.25, 0.3) is 10.8 Å². The highest BCUT2D eigenvalue weighted by molar-refractivity contribution is 5.87. The number of fused-ring (bicyclic) bond motifs is 1. The van der Waals surface area contributed by atoms with E-state index in [1.807, 2.05) is 0 Å². The van der Waals surface area contributed by atoms with Crippen molar-refractivity contribution >= 4 is 10.8 Å². The Morgan fingerprint density at radius 1 is 1.15 bits per heavy atom. The molecule has 0 aliphatic heterocycles. The van der Waals surface area contributed by atoms with Crippen molar-refractivity contribution in [3.63, 3.8) is 0 Å². The molecule has 1 aliphatic carbocycles. The van der Waals surface area contributed by atoms with Crippen LogP contribution >= 0.6 is 0 Å². The Morgan fingerprint density at radius 2 is 1.95 bits per heavy atom. The number of benzene rings is 2. The van der Waals surface area contributed by atoms with Gasteiger partial charge in [0.2, 0.25) is 0 Å². The molecule has 2 heteroatoms. The van der Waals surface area contributed by atoms with Crippen LogP contribution in [0, 0.1) is 5.92 Å². The minimum absolute atomic E-state index is 0.477. The molecule has 1 fully saturated rings. The minimum Gasteiger partial charge on any atom is -0.493 e. The van der Waals surface area contributed by atoms with E-state index >= 15 is 0 Å². The van der Waals surface area contributed by atoms with Gasteiger partial charge in [0.05, 0.1) is 6.61 Å². The van der Waals surface area contributed by atoms with Crippen LogP contribution in [-0.2, 0) is 6.54 Å². The normalized spacial score (nSPS) is 14.9. The van der Waals surface area contributed by atoms with Crippen LogP contribution in [0.5, 0.6) is 5.75 Å². The molecule has 0 spiro atoms. The molecule has 1 saturated carbocycles. The van der Waals surface area contributed by atoms with Gasteiger partial charge in [0.15, 0.2) is 0 Å². The van der Waals surface area contributed by atoms with E-state index in [1.165, 1.54) is 29.2 Å². The van der Waals surface area contributed by atoms with Crippen LogP contribution in [0.2, 0.25) is 0 Å². The van der Waals surface area contributed by atoms with Crippen molar-refractivity contribution in [2.45, 2.75) is 39.3 Å². The molecule has 0 bridgehead atoms. The van der Waals surface area contributed by atoms with Crippen molar-refractivity contribution in [3.8, 4) is 5.75 Å². The fourth-order valence-electron chi connectivity index (χ4n) is 2.43. The van der Waals surface area contributed by atoms with Crippen LogP contribution in [0.3, 0.4) is 0 Å². The highest BCUT2D eigenvalue weighted by Crippen LogP contribution is 2.32. The lowest BCUT2D eigenvalue weighted by molar-refractivity contribution is 0.296. The summed E-state index contributed by atoms with van der Waals surface area (Å²) >= 11 is 0. The Kier molecular flexibility index (Phi) is 3.93. The van der Waals surface area contributed by atoms with Gasteiger partial charge in [0.1, 0.15) is 5.75 Å². The maximum Gasteiger partial charge on any atom is 0.124 e. The van der Waals surface area contributed by atoms with Gasteiger partial charge in [0, 0.05) is 18.2 Å². The van der Waals surface area contributed by atoms with Gasteiger partial charge >= 0.3 is 0 Å². The van der Waals surface area contributed by atoms with Crippen LogP contribution in [-0.4, -0.2) is 12.6 Å². The third-order valence-electron chi connectivity index (χ3n) is 3.86. The van der Waals surface area contributed by atoms with Crippen LogP contribution < -0.4 is 10.1 Å². The molecule has 0 radical (unpaired) electrons. The van der Waals surface area contributed by atoms with E-state index < -0.39 is 0 Å². The van der Waals surface area contributed by atoms with Crippen molar-refractivity contribution in [1.29, 1.82) is 0 Å². The first kappa shape index (κ1) is 13.4. The Balaban J connectivity index is 1.91. The molecule has 106 valence electrons. The van der Waals surface area contributed by atoms with E-state index in [1.54, 1.807) is 0 Å². The second-order valence-electron chi connectivity index (χ2n) is 6.05. The summed E-state index contributed by atoms with van der Waals surface area (Å²) in [6, 6.07) is 13.3. The molecule has 3 rings (SSSR count). The van der Waals surface area contributed by atoms with E-state index in [0.717, 1.165) is 24.8 Å². The average Bonchev–Trinajstić information content (AvgIpc) is 3.27. The zero-order chi connectivity index (χ0) is 13.9. The fourth-order valence-corrected chi connectivity index (χ4v) is 2.43. The summed E-state index contributed by atoms with van der Waals surface area (Å²) in [5, 5.41) is 6.10. The third-order valence-corrected chi connectivity index (χ3v) is 3.86. The molecule has 0 unspecified atom stereocenters. The first-order chi connectivity index (χ1) is 9.74. The van der Waals surface area contributed by atoms with Gasteiger partial charge in [0.25, 0.3) is 0 Å². The zero-order valence-electron chi connectivity index (χ0n) is 12.4. The van der Waals surface area contributed by atoms with Gasteiger partial charge in [-0.15, -0.1) is 0 Å². The SMILES string of the molecule is CC(C)NCc1c(OCC2CC2)ccc2ccccc12. The number of ether oxygens (including phenoxy) is 1. The number of rotatable bonds is 6. The Labute approximate surface area is 121 Å². The van der Waals surface area contributed by atoms with Gasteiger partial charge in [-0.1, -0.05) is 44.2 Å². The van der Waals surface area contributed by atoms with Crippen LogP contribution in [0.1, 0.15) is 32.3 Å². The quantitative estimate of drug-likeness (QED) is 0.851. The average molecular weight is 269 g/mol. The molecule has 1 aliphatic rings. The van der Waals surface area contributed by atoms with Crippen LogP contribution in [0.4, 0.5) is 0 Å². The molecule has 2 aromatic carbocycles. The van der Waals surface area contributed by atoms with Gasteiger partial charge in [-0.3, -0.25) is 0 Å². The molecule has 2 nitrogen and oxygen atoms in total. The highest BCUT2D eigenvalue weighted by Gasteiger charge is 2.22. The summed E-state index contributed by atoms with van der Waals surface area (Å²) in [7, 11) is 0. The Hall–Kier alpha value is -1.54. The highest BCUT2D eigenvalue weighted by atomic mass is 16.5. The fraction of sp³-hybridized carbons (Fsp3) is 0.444. The van der Waals surface area contributed by atoms with Gasteiger partial charge in [-0.05, 0) is 35.6 Å². The Bertz CT molecular complexity index is 587. The van der Waals surface area contributed by atoms with Gasteiger partial charge < -0.3 is 10.1 Å². The van der Waals surface area contributed by atoms with E-state index in [-0.39, 0.29) is 0 Å². The minimum atomic E-state index is 0.477. The van der Waals surface area contributed by atoms with Crippen molar-refractivity contribution in [2.75, 3.05) is 6.61 Å². The molecule has 0 heterocycles. The molecule has 0 atom stereocenters. The molecule has 2 aromatic rings. The maximum absolute atomic E-state index is 6.06. The molecular weight excluding hydrogens is 246 g/mol. The van der Waals surface area contributed by atoms with E-state index in [2.05, 4.69) is 55.6 Å². The number of nitrogens with one attached hydrogen (secondary N) is 1. The van der Waals surface area contributed by atoms with Crippen molar-refractivity contribution < 1.29 is 4.74 Å². The predicted octanol–water partition coefficient (Wildman–Crippen LogP) is 4.13. The molecule has 0 amide bonds. The maximum atomic E-state index is 6.06. The molecule has 1 N–H and O–H groups in total. The predicted molar refractivity (Wildman–Crippen MR) is 84.1 cm³/mol. The Morgan fingerprint density at radius 3 is 2.70 bits per heavy atom. The lowest BCUT2D eigenvalue weighted by atomic mass is 10.0. The van der Waals surface area contributed by atoms with E-state index in [4.69, 9.17) is 4.74 Å². The zero-order valence-corrected chi connectivity index (χ0v) is 12.4. The molecule has 0 aromatic heterocycles. The van der Waals surface area contributed by atoms with Crippen LogP contribution in [0.15, 0.2) is 36.4 Å². The summed E-state index contributed by atoms with van der Waals surface area (Å²) in [6.07, 6.45) is 2.65. The second-order valence-corrected chi connectivity index (χ2v) is 6.05. The molecular formula is C18H23NO. The van der Waals surface area contributed by atoms with Gasteiger partial charge in [-0.25, -0.2) is 0 Å². The first-order valence-electron chi connectivity index (χ1n) is 7.61. The summed E-state index contributed by atoms with van der Waals surface area (Å²) < 4.78 is 6.06. The van der Waals surface area contributed by atoms with E-state index in [0.29, 0.717) is 6.04 Å². The third kappa shape index (κ3) is 3.13. The number of hydrogen-bond acceptors (Lipinski definition) is 2. The topological polar surface area (TPSA) is 21.3 Å². The number of hydrogen-bond donors (Lipinski definition) is 1.